The normalized spacial score (nSPS) is 12.3. The van der Waals surface area contributed by atoms with Crippen LogP contribution in [0.25, 0.3) is 0 Å². The van der Waals surface area contributed by atoms with Crippen molar-refractivity contribution in [1.29, 1.82) is 0 Å². The molecule has 1 unspecified atom stereocenters. The lowest BCUT2D eigenvalue weighted by atomic mass is 10.1. The Kier molecular flexibility index (Phi) is 4.63. The SMILES string of the molecule is Cc1cc(CN(C)C(=O)CC(C)N)ccc1F. The molecule has 3 nitrogen and oxygen atoms in total. The lowest BCUT2D eigenvalue weighted by molar-refractivity contribution is -0.130. The molecule has 0 saturated carbocycles. The Balaban J connectivity index is 2.64. The van der Waals surface area contributed by atoms with Gasteiger partial charge < -0.3 is 10.6 Å². The van der Waals surface area contributed by atoms with E-state index in [1.165, 1.54) is 6.07 Å². The van der Waals surface area contributed by atoms with Gasteiger partial charge in [0.1, 0.15) is 5.82 Å². The number of amides is 1. The van der Waals surface area contributed by atoms with Crippen molar-refractivity contribution in [3.05, 3.63) is 35.1 Å². The van der Waals surface area contributed by atoms with Gasteiger partial charge in [-0.15, -0.1) is 0 Å². The minimum absolute atomic E-state index is 0.00183. The standard InChI is InChI=1S/C13H19FN2O/c1-9-6-11(4-5-12(9)14)8-16(3)13(17)7-10(2)15/h4-6,10H,7-8,15H2,1-3H3. The highest BCUT2D eigenvalue weighted by molar-refractivity contribution is 5.76. The van der Waals surface area contributed by atoms with E-state index in [0.717, 1.165) is 5.56 Å². The number of hydrogen-bond donors (Lipinski definition) is 1. The third-order valence-electron chi connectivity index (χ3n) is 2.56. The summed E-state index contributed by atoms with van der Waals surface area (Å²) in [6.45, 7) is 3.99. The van der Waals surface area contributed by atoms with Gasteiger partial charge in [0, 0.05) is 26.1 Å². The van der Waals surface area contributed by atoms with E-state index in [1.54, 1.807) is 37.9 Å². The molecule has 94 valence electrons. The molecule has 1 atom stereocenters. The monoisotopic (exact) mass is 238 g/mol. The van der Waals surface area contributed by atoms with Gasteiger partial charge in [-0.1, -0.05) is 12.1 Å². The molecular formula is C13H19FN2O. The fourth-order valence-electron chi connectivity index (χ4n) is 1.60. The number of halogens is 1. The molecule has 1 amide bonds. The first-order valence-electron chi connectivity index (χ1n) is 5.64. The molecular weight excluding hydrogens is 219 g/mol. The number of nitrogens with zero attached hydrogens (tertiary/aromatic N) is 1. The second kappa shape index (κ2) is 5.77. The summed E-state index contributed by atoms with van der Waals surface area (Å²) in [6, 6.07) is 4.73. The van der Waals surface area contributed by atoms with Gasteiger partial charge in [-0.2, -0.15) is 0 Å². The quantitative estimate of drug-likeness (QED) is 0.869. The van der Waals surface area contributed by atoms with Gasteiger partial charge >= 0.3 is 0 Å². The topological polar surface area (TPSA) is 46.3 Å². The van der Waals surface area contributed by atoms with Crippen LogP contribution in [0, 0.1) is 12.7 Å². The van der Waals surface area contributed by atoms with Crippen LogP contribution in [0.1, 0.15) is 24.5 Å². The first-order valence-corrected chi connectivity index (χ1v) is 5.64. The minimum atomic E-state index is -0.224. The second-order valence-corrected chi connectivity index (χ2v) is 4.51. The summed E-state index contributed by atoms with van der Waals surface area (Å²) in [5, 5.41) is 0. The Morgan fingerprint density at radius 2 is 2.18 bits per heavy atom. The van der Waals surface area contributed by atoms with E-state index >= 15 is 0 Å². The Labute approximate surface area is 101 Å². The van der Waals surface area contributed by atoms with E-state index in [9.17, 15) is 9.18 Å². The van der Waals surface area contributed by atoms with Crippen molar-refractivity contribution in [3.8, 4) is 0 Å². The largest absolute Gasteiger partial charge is 0.341 e. The molecule has 0 fully saturated rings. The average Bonchev–Trinajstić information content (AvgIpc) is 2.22. The van der Waals surface area contributed by atoms with Gasteiger partial charge in [-0.25, -0.2) is 4.39 Å². The summed E-state index contributed by atoms with van der Waals surface area (Å²) < 4.78 is 13.1. The molecule has 0 aliphatic carbocycles. The Morgan fingerprint density at radius 3 is 2.71 bits per heavy atom. The van der Waals surface area contributed by atoms with E-state index in [-0.39, 0.29) is 17.8 Å². The molecule has 0 radical (unpaired) electrons. The highest BCUT2D eigenvalue weighted by atomic mass is 19.1. The van der Waals surface area contributed by atoms with Crippen molar-refractivity contribution in [3.63, 3.8) is 0 Å². The van der Waals surface area contributed by atoms with Crippen LogP contribution in [0.5, 0.6) is 0 Å². The zero-order chi connectivity index (χ0) is 13.0. The van der Waals surface area contributed by atoms with E-state index in [0.29, 0.717) is 18.5 Å². The van der Waals surface area contributed by atoms with Gasteiger partial charge in [0.2, 0.25) is 5.91 Å². The fourth-order valence-corrected chi connectivity index (χ4v) is 1.60. The van der Waals surface area contributed by atoms with Gasteiger partial charge in [-0.05, 0) is 31.0 Å². The molecule has 1 rings (SSSR count). The van der Waals surface area contributed by atoms with Crippen molar-refractivity contribution in [2.45, 2.75) is 32.9 Å². The molecule has 0 heterocycles. The highest BCUT2D eigenvalue weighted by Crippen LogP contribution is 2.11. The molecule has 1 aromatic carbocycles. The number of nitrogens with two attached hydrogens (primary N) is 1. The third-order valence-corrected chi connectivity index (χ3v) is 2.56. The van der Waals surface area contributed by atoms with Crippen LogP contribution >= 0.6 is 0 Å². The van der Waals surface area contributed by atoms with Gasteiger partial charge in [0.25, 0.3) is 0 Å². The number of hydrogen-bond acceptors (Lipinski definition) is 2. The Bertz CT molecular complexity index is 404. The zero-order valence-corrected chi connectivity index (χ0v) is 10.5. The average molecular weight is 238 g/mol. The Morgan fingerprint density at radius 1 is 1.53 bits per heavy atom. The van der Waals surface area contributed by atoms with Crippen molar-refractivity contribution in [1.82, 2.24) is 4.90 Å². The second-order valence-electron chi connectivity index (χ2n) is 4.51. The summed E-state index contributed by atoms with van der Waals surface area (Å²) in [5.41, 5.74) is 7.09. The highest BCUT2D eigenvalue weighted by Gasteiger charge is 2.11. The molecule has 1 aromatic rings. The molecule has 2 N–H and O–H groups in total. The molecule has 0 spiro atoms. The zero-order valence-electron chi connectivity index (χ0n) is 10.5. The minimum Gasteiger partial charge on any atom is -0.341 e. The van der Waals surface area contributed by atoms with Gasteiger partial charge in [-0.3, -0.25) is 4.79 Å². The number of carbonyl (C=O) groups is 1. The maximum atomic E-state index is 13.1. The predicted octanol–water partition coefficient (Wildman–Crippen LogP) is 1.83. The van der Waals surface area contributed by atoms with E-state index in [4.69, 9.17) is 5.73 Å². The van der Waals surface area contributed by atoms with Crippen LogP contribution in [-0.2, 0) is 11.3 Å². The summed E-state index contributed by atoms with van der Waals surface area (Å²) in [5.74, 6) is -0.222. The van der Waals surface area contributed by atoms with Crippen molar-refractivity contribution in [2.75, 3.05) is 7.05 Å². The molecule has 0 aliphatic rings. The number of benzene rings is 1. The summed E-state index contributed by atoms with van der Waals surface area (Å²) in [4.78, 5) is 13.3. The number of rotatable bonds is 4. The molecule has 0 bridgehead atoms. The Hall–Kier alpha value is -1.42. The fraction of sp³-hybridized carbons (Fsp3) is 0.462. The van der Waals surface area contributed by atoms with E-state index < -0.39 is 0 Å². The molecule has 0 aromatic heterocycles. The van der Waals surface area contributed by atoms with Crippen molar-refractivity contribution in [2.24, 2.45) is 5.73 Å². The smallest absolute Gasteiger partial charge is 0.224 e. The van der Waals surface area contributed by atoms with Crippen LogP contribution in [0.4, 0.5) is 4.39 Å². The van der Waals surface area contributed by atoms with Crippen LogP contribution in [0.2, 0.25) is 0 Å². The lowest BCUT2D eigenvalue weighted by Crippen LogP contribution is -2.31. The first-order chi connectivity index (χ1) is 7.90. The van der Waals surface area contributed by atoms with Crippen LogP contribution < -0.4 is 5.73 Å². The molecule has 0 saturated heterocycles. The molecule has 17 heavy (non-hydrogen) atoms. The van der Waals surface area contributed by atoms with Crippen molar-refractivity contribution >= 4 is 5.91 Å². The predicted molar refractivity (Wildman–Crippen MR) is 65.9 cm³/mol. The lowest BCUT2D eigenvalue weighted by Gasteiger charge is -2.18. The van der Waals surface area contributed by atoms with E-state index in [1.807, 2.05) is 0 Å². The van der Waals surface area contributed by atoms with Crippen LogP contribution in [0.3, 0.4) is 0 Å². The first kappa shape index (κ1) is 13.6. The summed E-state index contributed by atoms with van der Waals surface area (Å²) >= 11 is 0. The third kappa shape index (κ3) is 4.15. The van der Waals surface area contributed by atoms with Gasteiger partial charge in [0.15, 0.2) is 0 Å². The van der Waals surface area contributed by atoms with Crippen molar-refractivity contribution < 1.29 is 9.18 Å². The molecule has 4 heteroatoms. The summed E-state index contributed by atoms with van der Waals surface area (Å²) in [7, 11) is 1.73. The van der Waals surface area contributed by atoms with Crippen LogP contribution in [0.15, 0.2) is 18.2 Å². The maximum Gasteiger partial charge on any atom is 0.224 e. The van der Waals surface area contributed by atoms with Gasteiger partial charge in [0.05, 0.1) is 0 Å². The number of carbonyl (C=O) groups excluding carboxylic acids is 1. The van der Waals surface area contributed by atoms with E-state index in [2.05, 4.69) is 0 Å². The summed E-state index contributed by atoms with van der Waals surface area (Å²) in [6.07, 6.45) is 0.330. The van der Waals surface area contributed by atoms with Crippen LogP contribution in [-0.4, -0.2) is 23.9 Å². The number of aryl methyl sites for hydroxylation is 1. The molecule has 0 aliphatic heterocycles. The maximum absolute atomic E-state index is 13.1.